The summed E-state index contributed by atoms with van der Waals surface area (Å²) in [7, 11) is 0. The second kappa shape index (κ2) is 50.4. The maximum absolute atomic E-state index is 12.0. The summed E-state index contributed by atoms with van der Waals surface area (Å²) in [5.41, 5.74) is 0. The zero-order valence-electron chi connectivity index (χ0n) is 39.3. The Morgan fingerprint density at radius 1 is 0.357 bits per heavy atom. The predicted octanol–water partition coefficient (Wildman–Crippen LogP) is 19.7. The van der Waals surface area contributed by atoms with Crippen molar-refractivity contribution in [2.75, 3.05) is 6.61 Å². The Kier molecular flexibility index (Phi) is 49.6. The van der Waals surface area contributed by atoms with E-state index in [1.807, 2.05) is 0 Å². The fourth-order valence-corrected chi connectivity index (χ4v) is 8.38. The molecule has 334 valence electrons. The van der Waals surface area contributed by atoms with E-state index in [-0.39, 0.29) is 5.97 Å². The Bertz CT molecular complexity index is 741. The average Bonchev–Trinajstić information content (AvgIpc) is 3.19. The van der Waals surface area contributed by atoms with E-state index in [1.54, 1.807) is 0 Å². The molecule has 0 fully saturated rings. The molecule has 0 rings (SSSR count). The Balaban J connectivity index is 3.15. The van der Waals surface area contributed by atoms with Crippen molar-refractivity contribution in [3.63, 3.8) is 0 Å². The zero-order chi connectivity index (χ0) is 40.5. The fourth-order valence-electron chi connectivity index (χ4n) is 8.38. The van der Waals surface area contributed by atoms with Crippen molar-refractivity contribution in [1.82, 2.24) is 0 Å². The van der Waals surface area contributed by atoms with Crippen molar-refractivity contribution in [3.05, 3.63) is 12.2 Å². The topological polar surface area (TPSA) is 26.3 Å². The summed E-state index contributed by atoms with van der Waals surface area (Å²) in [4.78, 5) is 12.0. The number of hydrogen-bond donors (Lipinski definition) is 0. The van der Waals surface area contributed by atoms with Crippen LogP contribution in [0.5, 0.6) is 0 Å². The predicted molar refractivity (Wildman–Crippen MR) is 253 cm³/mol. The molecule has 0 spiro atoms. The van der Waals surface area contributed by atoms with Gasteiger partial charge in [-0.1, -0.05) is 283 Å². The Morgan fingerprint density at radius 2 is 0.625 bits per heavy atom. The van der Waals surface area contributed by atoms with Crippen molar-refractivity contribution < 1.29 is 9.53 Å². The van der Waals surface area contributed by atoms with Crippen LogP contribution < -0.4 is 0 Å². The Hall–Kier alpha value is -0.790. The number of hydrogen-bond acceptors (Lipinski definition) is 2. The Morgan fingerprint density at radius 3 is 0.946 bits per heavy atom. The van der Waals surface area contributed by atoms with Crippen LogP contribution in [0.2, 0.25) is 0 Å². The standard InChI is InChI=1S/C54H106O2/c1-4-5-6-7-8-9-10-11-12-26-30-33-36-39-42-45-48-51-54(55)56-52-49-46-43-40-37-34-31-28-25-23-21-19-17-15-13-14-16-18-20-22-24-27-29-32-35-38-41-44-47-50-53(2)3/h9-10,53H,4-8,11-52H2,1-3H3. The van der Waals surface area contributed by atoms with Crippen molar-refractivity contribution in [1.29, 1.82) is 0 Å². The van der Waals surface area contributed by atoms with Gasteiger partial charge in [-0.3, -0.25) is 4.79 Å². The second-order valence-corrected chi connectivity index (χ2v) is 18.7. The molecule has 0 atom stereocenters. The fraction of sp³-hybridized carbons (Fsp3) is 0.944. The molecule has 2 nitrogen and oxygen atoms in total. The summed E-state index contributed by atoms with van der Waals surface area (Å²) in [6, 6.07) is 0. The minimum Gasteiger partial charge on any atom is -0.466 e. The summed E-state index contributed by atoms with van der Waals surface area (Å²) in [6.07, 6.45) is 67.9. The first-order valence-electron chi connectivity index (χ1n) is 26.5. The SMILES string of the molecule is CCCCCCC=CCCCCCCCCCCCC(=O)OCCCCCCCCCCCCCCCCCCCCCCCCCCCCCCCC(C)C. The van der Waals surface area contributed by atoms with Crippen molar-refractivity contribution in [2.45, 2.75) is 316 Å². The third-order valence-corrected chi connectivity index (χ3v) is 12.3. The number of allylic oxidation sites excluding steroid dienone is 2. The zero-order valence-corrected chi connectivity index (χ0v) is 39.3. The van der Waals surface area contributed by atoms with E-state index < -0.39 is 0 Å². The normalized spacial score (nSPS) is 11.8. The monoisotopic (exact) mass is 787 g/mol. The summed E-state index contributed by atoms with van der Waals surface area (Å²) >= 11 is 0. The molecular weight excluding hydrogens is 681 g/mol. The van der Waals surface area contributed by atoms with Gasteiger partial charge in [0.25, 0.3) is 0 Å². The number of carbonyl (C=O) groups excluding carboxylic acids is 1. The molecule has 0 aromatic carbocycles. The maximum atomic E-state index is 12.0. The average molecular weight is 787 g/mol. The van der Waals surface area contributed by atoms with Crippen LogP contribution in [0.15, 0.2) is 12.2 Å². The van der Waals surface area contributed by atoms with Crippen LogP contribution in [0, 0.1) is 5.92 Å². The van der Waals surface area contributed by atoms with Gasteiger partial charge in [0.1, 0.15) is 0 Å². The van der Waals surface area contributed by atoms with Gasteiger partial charge in [-0.05, 0) is 44.4 Å². The van der Waals surface area contributed by atoms with Crippen molar-refractivity contribution in [3.8, 4) is 0 Å². The first kappa shape index (κ1) is 55.2. The van der Waals surface area contributed by atoms with E-state index in [9.17, 15) is 4.79 Å². The molecule has 0 saturated carbocycles. The molecule has 0 radical (unpaired) electrons. The van der Waals surface area contributed by atoms with Gasteiger partial charge < -0.3 is 4.74 Å². The lowest BCUT2D eigenvalue weighted by Gasteiger charge is -2.06. The minimum absolute atomic E-state index is 0.0282. The molecule has 0 saturated heterocycles. The highest BCUT2D eigenvalue weighted by molar-refractivity contribution is 5.69. The number of carbonyl (C=O) groups is 1. The summed E-state index contributed by atoms with van der Waals surface area (Å²) in [6.45, 7) is 7.61. The van der Waals surface area contributed by atoms with Crippen LogP contribution in [0.4, 0.5) is 0 Å². The van der Waals surface area contributed by atoms with E-state index in [0.717, 1.165) is 18.8 Å². The molecular formula is C54H106O2. The van der Waals surface area contributed by atoms with Gasteiger partial charge in [-0.25, -0.2) is 0 Å². The van der Waals surface area contributed by atoms with Gasteiger partial charge in [0.15, 0.2) is 0 Å². The van der Waals surface area contributed by atoms with Gasteiger partial charge in [-0.15, -0.1) is 0 Å². The molecule has 2 heteroatoms. The Labute approximate surface area is 355 Å². The number of esters is 1. The molecule has 0 aliphatic carbocycles. The van der Waals surface area contributed by atoms with E-state index in [2.05, 4.69) is 32.9 Å². The van der Waals surface area contributed by atoms with Crippen LogP contribution in [0.25, 0.3) is 0 Å². The molecule has 56 heavy (non-hydrogen) atoms. The minimum atomic E-state index is 0.0282. The van der Waals surface area contributed by atoms with Crippen LogP contribution >= 0.6 is 0 Å². The highest BCUT2D eigenvalue weighted by Gasteiger charge is 2.03. The quantitative estimate of drug-likeness (QED) is 0.0349. The van der Waals surface area contributed by atoms with Gasteiger partial charge in [0.2, 0.25) is 0 Å². The molecule has 0 N–H and O–H groups in total. The molecule has 0 aromatic rings. The largest absolute Gasteiger partial charge is 0.466 e. The smallest absolute Gasteiger partial charge is 0.305 e. The van der Waals surface area contributed by atoms with E-state index in [0.29, 0.717) is 13.0 Å². The molecule has 0 amide bonds. The molecule has 0 heterocycles. The summed E-state index contributed by atoms with van der Waals surface area (Å²) in [5, 5.41) is 0. The van der Waals surface area contributed by atoms with E-state index in [4.69, 9.17) is 4.74 Å². The first-order valence-corrected chi connectivity index (χ1v) is 26.5. The third-order valence-electron chi connectivity index (χ3n) is 12.3. The van der Waals surface area contributed by atoms with Gasteiger partial charge in [0, 0.05) is 6.42 Å². The van der Waals surface area contributed by atoms with Gasteiger partial charge in [0.05, 0.1) is 6.61 Å². The molecule has 0 aliphatic rings. The number of ether oxygens (including phenoxy) is 1. The van der Waals surface area contributed by atoms with Gasteiger partial charge >= 0.3 is 5.97 Å². The van der Waals surface area contributed by atoms with Crippen LogP contribution in [0.1, 0.15) is 316 Å². The second-order valence-electron chi connectivity index (χ2n) is 18.7. The van der Waals surface area contributed by atoms with Crippen LogP contribution in [-0.2, 0) is 9.53 Å². The first-order chi connectivity index (χ1) is 27.7. The number of rotatable bonds is 49. The lowest BCUT2D eigenvalue weighted by Crippen LogP contribution is -2.05. The van der Waals surface area contributed by atoms with E-state index in [1.165, 1.54) is 276 Å². The highest BCUT2D eigenvalue weighted by atomic mass is 16.5. The molecule has 0 unspecified atom stereocenters. The van der Waals surface area contributed by atoms with E-state index >= 15 is 0 Å². The van der Waals surface area contributed by atoms with Crippen molar-refractivity contribution >= 4 is 5.97 Å². The molecule has 0 aromatic heterocycles. The maximum Gasteiger partial charge on any atom is 0.305 e. The lowest BCUT2D eigenvalue weighted by molar-refractivity contribution is -0.143. The summed E-state index contributed by atoms with van der Waals surface area (Å²) in [5.74, 6) is 0.917. The van der Waals surface area contributed by atoms with Crippen LogP contribution in [0.3, 0.4) is 0 Å². The molecule has 0 aliphatic heterocycles. The number of unbranched alkanes of at least 4 members (excludes halogenated alkanes) is 41. The third kappa shape index (κ3) is 51.2. The van der Waals surface area contributed by atoms with Crippen molar-refractivity contribution in [2.24, 2.45) is 5.92 Å². The molecule has 0 bridgehead atoms. The highest BCUT2D eigenvalue weighted by Crippen LogP contribution is 2.18. The van der Waals surface area contributed by atoms with Crippen LogP contribution in [-0.4, -0.2) is 12.6 Å². The summed E-state index contributed by atoms with van der Waals surface area (Å²) < 4.78 is 5.49. The van der Waals surface area contributed by atoms with Gasteiger partial charge in [-0.2, -0.15) is 0 Å². The lowest BCUT2D eigenvalue weighted by atomic mass is 10.0.